The molecule has 1 saturated heterocycles. The minimum absolute atomic E-state index is 0.160. The fourth-order valence-corrected chi connectivity index (χ4v) is 2.82. The van der Waals surface area contributed by atoms with E-state index in [0.29, 0.717) is 25.7 Å². The van der Waals surface area contributed by atoms with Crippen molar-refractivity contribution < 1.29 is 14.6 Å². The lowest BCUT2D eigenvalue weighted by molar-refractivity contribution is -0.144. The highest BCUT2D eigenvalue weighted by molar-refractivity contribution is 5.77. The summed E-state index contributed by atoms with van der Waals surface area (Å²) in [6, 6.07) is 7.73. The Morgan fingerprint density at radius 2 is 2.19 bits per heavy atom. The number of hydrogen-bond donors (Lipinski definition) is 3. The number of nitrogens with one attached hydrogen (secondary N) is 2. The molecule has 0 amide bonds. The van der Waals surface area contributed by atoms with E-state index in [2.05, 4.69) is 15.3 Å². The van der Waals surface area contributed by atoms with Crippen molar-refractivity contribution >= 4 is 23.0 Å². The van der Waals surface area contributed by atoms with Gasteiger partial charge in [-0.3, -0.25) is 4.79 Å². The van der Waals surface area contributed by atoms with Gasteiger partial charge in [-0.05, 0) is 30.9 Å². The lowest BCUT2D eigenvalue weighted by Gasteiger charge is -2.27. The minimum Gasteiger partial charge on any atom is -0.481 e. The maximum atomic E-state index is 11.5. The zero-order valence-electron chi connectivity index (χ0n) is 11.7. The van der Waals surface area contributed by atoms with E-state index in [1.807, 2.05) is 24.3 Å². The van der Waals surface area contributed by atoms with E-state index in [1.54, 1.807) is 0 Å². The van der Waals surface area contributed by atoms with Gasteiger partial charge in [0.1, 0.15) is 0 Å². The molecule has 3 rings (SSSR count). The summed E-state index contributed by atoms with van der Waals surface area (Å²) in [7, 11) is 0. The summed E-state index contributed by atoms with van der Waals surface area (Å²) in [6.07, 6.45) is 1.61. The van der Waals surface area contributed by atoms with Gasteiger partial charge < -0.3 is 20.1 Å². The monoisotopic (exact) mass is 289 g/mol. The van der Waals surface area contributed by atoms with Crippen LogP contribution >= 0.6 is 0 Å². The van der Waals surface area contributed by atoms with Crippen LogP contribution in [-0.2, 0) is 9.53 Å². The molecule has 1 atom stereocenters. The fraction of sp³-hybridized carbons (Fsp3) is 0.467. The lowest BCUT2D eigenvalue weighted by Crippen LogP contribution is -2.34. The van der Waals surface area contributed by atoms with Gasteiger partial charge in [-0.2, -0.15) is 0 Å². The van der Waals surface area contributed by atoms with Crippen LogP contribution in [0.5, 0.6) is 0 Å². The van der Waals surface area contributed by atoms with Gasteiger partial charge in [0.15, 0.2) is 0 Å². The second-order valence-corrected chi connectivity index (χ2v) is 5.38. The van der Waals surface area contributed by atoms with Gasteiger partial charge in [0.05, 0.1) is 17.0 Å². The Morgan fingerprint density at radius 1 is 1.43 bits per heavy atom. The molecule has 21 heavy (non-hydrogen) atoms. The number of para-hydroxylation sites is 2. The normalized spacial score (nSPS) is 17.7. The summed E-state index contributed by atoms with van der Waals surface area (Å²) >= 11 is 0. The van der Waals surface area contributed by atoms with Gasteiger partial charge in [-0.15, -0.1) is 0 Å². The predicted molar refractivity (Wildman–Crippen MR) is 79.3 cm³/mol. The van der Waals surface area contributed by atoms with Gasteiger partial charge in [0, 0.05) is 19.8 Å². The van der Waals surface area contributed by atoms with Crippen molar-refractivity contribution in [2.24, 2.45) is 11.8 Å². The maximum Gasteiger partial charge on any atom is 0.308 e. The molecule has 1 aliphatic rings. The summed E-state index contributed by atoms with van der Waals surface area (Å²) in [5.74, 6) is -0.393. The number of carboxylic acids is 1. The predicted octanol–water partition coefficient (Wildman–Crippen LogP) is 2.10. The molecule has 0 aliphatic carbocycles. The van der Waals surface area contributed by atoms with Gasteiger partial charge >= 0.3 is 5.97 Å². The molecule has 0 bridgehead atoms. The van der Waals surface area contributed by atoms with Crippen LogP contribution in [0.1, 0.15) is 12.8 Å². The van der Waals surface area contributed by atoms with Gasteiger partial charge in [0.2, 0.25) is 5.95 Å². The number of aromatic nitrogens is 2. The molecule has 3 N–H and O–H groups in total. The van der Waals surface area contributed by atoms with Crippen LogP contribution in [-0.4, -0.2) is 40.8 Å². The van der Waals surface area contributed by atoms with Gasteiger partial charge in [-0.25, -0.2) is 4.98 Å². The van der Waals surface area contributed by atoms with E-state index in [1.165, 1.54) is 0 Å². The number of aromatic amines is 1. The minimum atomic E-state index is -0.759. The molecule has 0 radical (unpaired) electrons. The number of aliphatic carboxylic acids is 1. The first-order chi connectivity index (χ1) is 10.2. The van der Waals surface area contributed by atoms with Gasteiger partial charge in [-0.1, -0.05) is 12.1 Å². The number of carboxylic acid groups (broad SMARTS) is 1. The van der Waals surface area contributed by atoms with Crippen molar-refractivity contribution in [2.75, 3.05) is 25.1 Å². The average molecular weight is 289 g/mol. The molecule has 1 aromatic heterocycles. The zero-order valence-corrected chi connectivity index (χ0v) is 11.7. The summed E-state index contributed by atoms with van der Waals surface area (Å²) < 4.78 is 5.30. The molecular weight excluding hydrogens is 270 g/mol. The summed E-state index contributed by atoms with van der Waals surface area (Å²) in [6.45, 7) is 1.68. The first-order valence-electron chi connectivity index (χ1n) is 7.23. The van der Waals surface area contributed by atoms with Crippen molar-refractivity contribution in [1.29, 1.82) is 0 Å². The molecule has 112 valence electrons. The van der Waals surface area contributed by atoms with Crippen LogP contribution in [0.25, 0.3) is 11.0 Å². The first-order valence-corrected chi connectivity index (χ1v) is 7.23. The molecule has 1 aromatic carbocycles. The van der Waals surface area contributed by atoms with E-state index in [0.717, 1.165) is 23.9 Å². The molecule has 0 spiro atoms. The van der Waals surface area contributed by atoms with Crippen LogP contribution in [0.15, 0.2) is 24.3 Å². The van der Waals surface area contributed by atoms with E-state index >= 15 is 0 Å². The fourth-order valence-electron chi connectivity index (χ4n) is 2.82. The number of ether oxygens (including phenoxy) is 1. The smallest absolute Gasteiger partial charge is 0.308 e. The second kappa shape index (κ2) is 6.13. The van der Waals surface area contributed by atoms with Crippen molar-refractivity contribution in [1.82, 2.24) is 9.97 Å². The quantitative estimate of drug-likeness (QED) is 0.784. The Morgan fingerprint density at radius 3 is 2.90 bits per heavy atom. The number of anilines is 1. The molecule has 2 heterocycles. The standard InChI is InChI=1S/C15H19N3O3/c19-14(20)11(10-5-7-21-8-6-10)9-16-15-17-12-3-1-2-4-13(12)18-15/h1-4,10-11H,5-9H2,(H,19,20)(H2,16,17,18). The molecule has 6 nitrogen and oxygen atoms in total. The Bertz CT molecular complexity index is 586. The maximum absolute atomic E-state index is 11.5. The largest absolute Gasteiger partial charge is 0.481 e. The number of carbonyl (C=O) groups is 1. The van der Waals surface area contributed by atoms with Gasteiger partial charge in [0.25, 0.3) is 0 Å². The zero-order chi connectivity index (χ0) is 14.7. The molecule has 1 aliphatic heterocycles. The molecule has 0 saturated carbocycles. The van der Waals surface area contributed by atoms with Crippen LogP contribution in [0.4, 0.5) is 5.95 Å². The molecular formula is C15H19N3O3. The van der Waals surface area contributed by atoms with E-state index < -0.39 is 11.9 Å². The third-order valence-electron chi connectivity index (χ3n) is 4.03. The highest BCUT2D eigenvalue weighted by Crippen LogP contribution is 2.24. The molecule has 1 fully saturated rings. The second-order valence-electron chi connectivity index (χ2n) is 5.38. The Hall–Kier alpha value is -2.08. The van der Waals surface area contributed by atoms with Crippen molar-refractivity contribution in [3.8, 4) is 0 Å². The van der Waals surface area contributed by atoms with E-state index in [4.69, 9.17) is 4.74 Å². The molecule has 6 heteroatoms. The number of H-pyrrole nitrogens is 1. The SMILES string of the molecule is O=C(O)C(CNc1nc2ccccc2[nH]1)C1CCOCC1. The van der Waals surface area contributed by atoms with Crippen molar-refractivity contribution in [3.63, 3.8) is 0 Å². The highest BCUT2D eigenvalue weighted by Gasteiger charge is 2.29. The Kier molecular flexibility index (Phi) is 4.06. The number of hydrogen-bond acceptors (Lipinski definition) is 4. The van der Waals surface area contributed by atoms with E-state index in [-0.39, 0.29) is 5.92 Å². The van der Waals surface area contributed by atoms with Crippen molar-refractivity contribution in [2.45, 2.75) is 12.8 Å². The Labute approximate surface area is 122 Å². The number of imidazole rings is 1. The third-order valence-corrected chi connectivity index (χ3v) is 4.03. The average Bonchev–Trinajstić information content (AvgIpc) is 2.91. The lowest BCUT2D eigenvalue weighted by atomic mass is 9.86. The van der Waals surface area contributed by atoms with Crippen LogP contribution in [0, 0.1) is 11.8 Å². The van der Waals surface area contributed by atoms with Crippen LogP contribution in [0.2, 0.25) is 0 Å². The molecule has 2 aromatic rings. The summed E-state index contributed by atoms with van der Waals surface area (Å²) in [5, 5.41) is 12.6. The number of rotatable bonds is 5. The van der Waals surface area contributed by atoms with Crippen LogP contribution in [0.3, 0.4) is 0 Å². The topological polar surface area (TPSA) is 87.2 Å². The highest BCUT2D eigenvalue weighted by atomic mass is 16.5. The summed E-state index contributed by atoms with van der Waals surface area (Å²) in [4.78, 5) is 19.0. The number of benzene rings is 1. The Balaban J connectivity index is 1.67. The number of nitrogens with zero attached hydrogens (tertiary/aromatic N) is 1. The van der Waals surface area contributed by atoms with Crippen molar-refractivity contribution in [3.05, 3.63) is 24.3 Å². The third kappa shape index (κ3) is 3.16. The number of fused-ring (bicyclic) bond motifs is 1. The summed E-state index contributed by atoms with van der Waals surface area (Å²) in [5.41, 5.74) is 1.82. The first kappa shape index (κ1) is 13.9. The molecule has 1 unspecified atom stereocenters. The van der Waals surface area contributed by atoms with Crippen LogP contribution < -0.4 is 5.32 Å². The van der Waals surface area contributed by atoms with E-state index in [9.17, 15) is 9.90 Å².